The lowest BCUT2D eigenvalue weighted by Gasteiger charge is -2.01. The van der Waals surface area contributed by atoms with Gasteiger partial charge in [-0.2, -0.15) is 5.10 Å². The highest BCUT2D eigenvalue weighted by Crippen LogP contribution is 2.30. The number of hydrogen-bond acceptors (Lipinski definition) is 4. The van der Waals surface area contributed by atoms with Crippen LogP contribution in [0.1, 0.15) is 28.4 Å². The van der Waals surface area contributed by atoms with Crippen LogP contribution in [-0.4, -0.2) is 25.8 Å². The summed E-state index contributed by atoms with van der Waals surface area (Å²) in [6.07, 6.45) is 12.7. The minimum Gasteiger partial charge on any atom is -0.478 e. The Morgan fingerprint density at radius 2 is 2.29 bits per heavy atom. The van der Waals surface area contributed by atoms with E-state index in [0.717, 1.165) is 34.1 Å². The highest BCUT2D eigenvalue weighted by Gasteiger charge is 2.22. The minimum absolute atomic E-state index is 0.782. The molecule has 0 atom stereocenters. The van der Waals surface area contributed by atoms with Crippen LogP contribution < -0.4 is 0 Å². The fourth-order valence-electron chi connectivity index (χ4n) is 1.95. The Bertz CT molecular complexity index is 695. The van der Waals surface area contributed by atoms with Gasteiger partial charge in [0.1, 0.15) is 5.01 Å². The fourth-order valence-corrected chi connectivity index (χ4v) is 2.67. The van der Waals surface area contributed by atoms with E-state index in [1.165, 1.54) is 24.2 Å². The van der Waals surface area contributed by atoms with E-state index in [0.29, 0.717) is 0 Å². The SMILES string of the molecule is O=C(O)C=Cc1cnc(C=Cc2ccnn2CC2CC2)s1. The predicted octanol–water partition coefficient (Wildman–Crippen LogP) is 3.02. The van der Waals surface area contributed by atoms with Crippen molar-refractivity contribution in [3.8, 4) is 0 Å². The Labute approximate surface area is 126 Å². The number of aliphatic carboxylic acids is 1. The molecule has 1 aliphatic carbocycles. The number of carboxylic acid groups (broad SMARTS) is 1. The van der Waals surface area contributed by atoms with Crippen molar-refractivity contribution in [3.63, 3.8) is 0 Å². The Hall–Kier alpha value is -2.21. The summed E-state index contributed by atoms with van der Waals surface area (Å²) in [6, 6.07) is 1.98. The van der Waals surface area contributed by atoms with Crippen molar-refractivity contribution in [2.75, 3.05) is 0 Å². The third-order valence-corrected chi connectivity index (χ3v) is 4.13. The maximum atomic E-state index is 10.5. The van der Waals surface area contributed by atoms with Crippen LogP contribution in [0.25, 0.3) is 18.2 Å². The summed E-state index contributed by atoms with van der Waals surface area (Å²) >= 11 is 1.45. The molecule has 21 heavy (non-hydrogen) atoms. The van der Waals surface area contributed by atoms with Gasteiger partial charge in [-0.15, -0.1) is 11.3 Å². The zero-order valence-corrected chi connectivity index (χ0v) is 12.2. The highest BCUT2D eigenvalue weighted by atomic mass is 32.1. The summed E-state index contributed by atoms with van der Waals surface area (Å²) < 4.78 is 2.02. The maximum absolute atomic E-state index is 10.5. The molecule has 1 fully saturated rings. The first kappa shape index (κ1) is 13.8. The summed E-state index contributed by atoms with van der Waals surface area (Å²) in [5.74, 6) is -0.172. The highest BCUT2D eigenvalue weighted by molar-refractivity contribution is 7.13. The molecule has 3 rings (SSSR count). The van der Waals surface area contributed by atoms with Crippen LogP contribution in [0.4, 0.5) is 0 Å². The molecular formula is C15H15N3O2S. The zero-order valence-electron chi connectivity index (χ0n) is 11.3. The average Bonchev–Trinajstić information content (AvgIpc) is 2.98. The first-order valence-corrected chi connectivity index (χ1v) is 7.59. The average molecular weight is 301 g/mol. The Kier molecular flexibility index (Phi) is 3.96. The van der Waals surface area contributed by atoms with Gasteiger partial charge >= 0.3 is 5.97 Å². The summed E-state index contributed by atoms with van der Waals surface area (Å²) in [7, 11) is 0. The minimum atomic E-state index is -0.954. The molecule has 0 saturated heterocycles. The van der Waals surface area contributed by atoms with Crippen LogP contribution in [0, 0.1) is 5.92 Å². The van der Waals surface area contributed by atoms with E-state index in [2.05, 4.69) is 10.1 Å². The third-order valence-electron chi connectivity index (χ3n) is 3.21. The van der Waals surface area contributed by atoms with Gasteiger partial charge in [0.2, 0.25) is 0 Å². The Morgan fingerprint density at radius 1 is 1.43 bits per heavy atom. The van der Waals surface area contributed by atoms with E-state index in [4.69, 9.17) is 5.11 Å². The normalized spacial score (nSPS) is 15.2. The number of thiazole rings is 1. The zero-order chi connectivity index (χ0) is 14.7. The molecule has 2 aromatic rings. The van der Waals surface area contributed by atoms with Crippen molar-refractivity contribution in [2.45, 2.75) is 19.4 Å². The lowest BCUT2D eigenvalue weighted by Crippen LogP contribution is -2.03. The molecule has 1 N–H and O–H groups in total. The molecule has 2 heterocycles. The van der Waals surface area contributed by atoms with Crippen molar-refractivity contribution >= 4 is 35.5 Å². The van der Waals surface area contributed by atoms with Crippen LogP contribution in [0.2, 0.25) is 0 Å². The molecule has 0 radical (unpaired) electrons. The first-order valence-electron chi connectivity index (χ1n) is 6.77. The molecule has 6 heteroatoms. The van der Waals surface area contributed by atoms with Crippen molar-refractivity contribution < 1.29 is 9.90 Å². The molecule has 0 unspecified atom stereocenters. The van der Waals surface area contributed by atoms with Gasteiger partial charge in [-0.05, 0) is 43.1 Å². The molecular weight excluding hydrogens is 286 g/mol. The topological polar surface area (TPSA) is 68.0 Å². The van der Waals surface area contributed by atoms with Gasteiger partial charge in [-0.3, -0.25) is 4.68 Å². The molecule has 0 spiro atoms. The smallest absolute Gasteiger partial charge is 0.328 e. The van der Waals surface area contributed by atoms with Crippen LogP contribution in [0.5, 0.6) is 0 Å². The van der Waals surface area contributed by atoms with E-state index < -0.39 is 5.97 Å². The van der Waals surface area contributed by atoms with E-state index in [1.807, 2.05) is 29.1 Å². The molecule has 0 amide bonds. The largest absolute Gasteiger partial charge is 0.478 e. The number of rotatable bonds is 6. The van der Waals surface area contributed by atoms with Crippen molar-refractivity contribution in [2.24, 2.45) is 5.92 Å². The maximum Gasteiger partial charge on any atom is 0.328 e. The van der Waals surface area contributed by atoms with Crippen molar-refractivity contribution in [1.29, 1.82) is 0 Å². The van der Waals surface area contributed by atoms with Crippen molar-refractivity contribution in [3.05, 3.63) is 40.1 Å². The van der Waals surface area contributed by atoms with Gasteiger partial charge in [-0.1, -0.05) is 0 Å². The number of carboxylic acids is 1. The third kappa shape index (κ3) is 3.88. The Balaban J connectivity index is 1.68. The molecule has 2 aromatic heterocycles. The van der Waals surface area contributed by atoms with Crippen LogP contribution in [0.15, 0.2) is 24.5 Å². The lowest BCUT2D eigenvalue weighted by molar-refractivity contribution is -0.131. The molecule has 108 valence electrons. The lowest BCUT2D eigenvalue weighted by atomic mass is 10.3. The summed E-state index contributed by atoms with van der Waals surface area (Å²) in [6.45, 7) is 0.983. The molecule has 1 saturated carbocycles. The van der Waals surface area contributed by atoms with Gasteiger partial charge in [0.25, 0.3) is 0 Å². The standard InChI is InChI=1S/C15H15N3O2S/c19-15(20)6-4-13-9-16-14(21-13)5-3-12-7-8-17-18(12)10-11-1-2-11/h3-9,11H,1-2,10H2,(H,19,20). The number of hydrogen-bond donors (Lipinski definition) is 1. The van der Waals surface area contributed by atoms with Crippen molar-refractivity contribution in [1.82, 2.24) is 14.8 Å². The number of nitrogens with zero attached hydrogens (tertiary/aromatic N) is 3. The number of carbonyl (C=O) groups is 1. The van der Waals surface area contributed by atoms with E-state index in [1.54, 1.807) is 12.3 Å². The van der Waals surface area contributed by atoms with Crippen LogP contribution in [-0.2, 0) is 11.3 Å². The quantitative estimate of drug-likeness (QED) is 0.833. The second-order valence-electron chi connectivity index (χ2n) is 4.99. The Morgan fingerprint density at radius 3 is 3.05 bits per heavy atom. The second kappa shape index (κ2) is 6.05. The van der Waals surface area contributed by atoms with Gasteiger partial charge in [0.05, 0.1) is 5.69 Å². The van der Waals surface area contributed by atoms with E-state index in [-0.39, 0.29) is 0 Å². The molecule has 0 aromatic carbocycles. The molecule has 5 nitrogen and oxygen atoms in total. The van der Waals surface area contributed by atoms with E-state index in [9.17, 15) is 4.79 Å². The monoisotopic (exact) mass is 301 g/mol. The van der Waals surface area contributed by atoms with E-state index >= 15 is 0 Å². The van der Waals surface area contributed by atoms with Gasteiger partial charge in [0, 0.05) is 29.9 Å². The summed E-state index contributed by atoms with van der Waals surface area (Å²) in [5, 5.41) is 13.8. The second-order valence-corrected chi connectivity index (χ2v) is 6.08. The fraction of sp³-hybridized carbons (Fsp3) is 0.267. The van der Waals surface area contributed by atoms with Gasteiger partial charge < -0.3 is 5.11 Å². The summed E-state index contributed by atoms with van der Waals surface area (Å²) in [4.78, 5) is 15.5. The first-order chi connectivity index (χ1) is 10.2. The summed E-state index contributed by atoms with van der Waals surface area (Å²) in [5.41, 5.74) is 1.07. The predicted molar refractivity (Wildman–Crippen MR) is 82.7 cm³/mol. The molecule has 0 bridgehead atoms. The molecule has 1 aliphatic rings. The van der Waals surface area contributed by atoms with Gasteiger partial charge in [0.15, 0.2) is 0 Å². The van der Waals surface area contributed by atoms with Gasteiger partial charge in [-0.25, -0.2) is 9.78 Å². The molecule has 0 aliphatic heterocycles. The number of aromatic nitrogens is 3. The van der Waals surface area contributed by atoms with Crippen LogP contribution >= 0.6 is 11.3 Å². The van der Waals surface area contributed by atoms with Crippen LogP contribution in [0.3, 0.4) is 0 Å².